The van der Waals surface area contributed by atoms with Gasteiger partial charge in [0.1, 0.15) is 0 Å². The normalized spacial score (nSPS) is 30.1. The molecule has 2 aromatic rings. The van der Waals surface area contributed by atoms with Gasteiger partial charge in [-0.05, 0) is 129 Å². The molecule has 0 bridgehead atoms. The molecule has 3 fully saturated rings. The molecule has 5 aliphatic rings. The van der Waals surface area contributed by atoms with E-state index in [1.807, 2.05) is 0 Å². The quantitative estimate of drug-likeness (QED) is 0.209. The molecule has 0 heterocycles. The predicted molar refractivity (Wildman–Crippen MR) is 218 cm³/mol. The van der Waals surface area contributed by atoms with E-state index in [1.54, 1.807) is 22.3 Å². The number of fused-ring (bicyclic) bond motifs is 3. The Hall–Kier alpha value is -0.920. The van der Waals surface area contributed by atoms with Gasteiger partial charge in [-0.1, -0.05) is 134 Å². The summed E-state index contributed by atoms with van der Waals surface area (Å²) in [4.78, 5) is 0. The van der Waals surface area contributed by atoms with Crippen LogP contribution in [0.2, 0.25) is 24.2 Å². The van der Waals surface area contributed by atoms with Gasteiger partial charge in [0.2, 0.25) is 0 Å². The molecular weight excluding hydrogens is 731 g/mol. The molecule has 8 atom stereocenters. The van der Waals surface area contributed by atoms with Gasteiger partial charge in [0.15, 0.2) is 0 Å². The van der Waals surface area contributed by atoms with Gasteiger partial charge < -0.3 is 14.9 Å². The Labute approximate surface area is 321 Å². The fourth-order valence-electron chi connectivity index (χ4n) is 11.4. The molecule has 0 radical (unpaired) electrons. The fraction of sp³-hybridized carbons (Fsp3) is 0.511. The van der Waals surface area contributed by atoms with Crippen LogP contribution >= 0.6 is 17.0 Å². The summed E-state index contributed by atoms with van der Waals surface area (Å²) in [5.41, 5.74) is 13.1. The van der Waals surface area contributed by atoms with Gasteiger partial charge >= 0.3 is 37.9 Å². The first-order valence-electron chi connectivity index (χ1n) is 18.3. The minimum absolute atomic E-state index is 0. The van der Waals surface area contributed by atoms with Crippen LogP contribution in [-0.4, -0.2) is 8.07 Å². The van der Waals surface area contributed by atoms with Crippen LogP contribution in [0, 0.1) is 56.3 Å². The van der Waals surface area contributed by atoms with Crippen molar-refractivity contribution in [3.63, 3.8) is 0 Å². The molecule has 0 aliphatic heterocycles. The number of benzene rings is 2. The average molecular weight is 793 g/mol. The van der Waals surface area contributed by atoms with E-state index < -0.39 is 28.9 Å². The summed E-state index contributed by atoms with van der Waals surface area (Å²) in [5.74, 6) is 5.09. The second-order valence-electron chi connectivity index (χ2n) is 17.3. The first kappa shape index (κ1) is 40.8. The van der Waals surface area contributed by atoms with Gasteiger partial charge in [-0.15, -0.1) is 0 Å². The van der Waals surface area contributed by atoms with Crippen molar-refractivity contribution in [3.05, 3.63) is 122 Å². The molecule has 264 valence electrons. The summed E-state index contributed by atoms with van der Waals surface area (Å²) in [5, 5.41) is 0. The van der Waals surface area contributed by atoms with Gasteiger partial charge in [-0.2, -0.15) is 0 Å². The standard InChI is InChI=1S/C43H56Si.2CH3.2ClH.Zr/c1-27(2)36-26-37-33(29-20-22-32(23-21-29)43(4,5)6)17-13-19-35(37)42(36)44(7,8)41-28(3)24-38-39(41)25-31-16-12-18-34(31)40(38)30-14-10-9-11-15-30;;;;;/h9-11,13-15,17,19-23,25,27-28,35-39,41-42H,12,16,18,24,26H2,1-8H3;2*1H3;2*1H;/q;2*-1;;;+4/p-2. The molecule has 0 N–H and O–H groups in total. The van der Waals surface area contributed by atoms with Crippen molar-refractivity contribution in [2.24, 2.45) is 41.4 Å². The zero-order valence-electron chi connectivity index (χ0n) is 32.0. The fourth-order valence-corrected chi connectivity index (χ4v) is 17.7. The van der Waals surface area contributed by atoms with Crippen molar-refractivity contribution >= 4 is 36.2 Å². The van der Waals surface area contributed by atoms with Crippen LogP contribution in [0.25, 0.3) is 11.1 Å². The third kappa shape index (κ3) is 7.75. The Bertz CT molecular complexity index is 1540. The molecular formula is C45H62Cl2SiZr. The van der Waals surface area contributed by atoms with E-state index in [2.05, 4.69) is 134 Å². The zero-order chi connectivity index (χ0) is 33.7. The zero-order valence-corrected chi connectivity index (χ0v) is 37.0. The topological polar surface area (TPSA) is 0 Å². The number of allylic oxidation sites excluding steroid dienone is 8. The van der Waals surface area contributed by atoms with Crippen molar-refractivity contribution in [2.75, 3.05) is 0 Å². The third-order valence-corrected chi connectivity index (χ3v) is 18.3. The second-order valence-corrected chi connectivity index (χ2v) is 26.0. The molecule has 0 amide bonds. The molecule has 0 saturated heterocycles. The molecule has 49 heavy (non-hydrogen) atoms. The minimum atomic E-state index is -1.73. The van der Waals surface area contributed by atoms with Crippen molar-refractivity contribution in [3.8, 4) is 0 Å². The monoisotopic (exact) mass is 790 g/mol. The van der Waals surface area contributed by atoms with E-state index in [0.29, 0.717) is 17.8 Å². The van der Waals surface area contributed by atoms with E-state index >= 15 is 0 Å². The second kappa shape index (κ2) is 16.4. The van der Waals surface area contributed by atoms with Crippen LogP contribution in [0.15, 0.2) is 90.0 Å². The molecule has 0 nitrogen and oxygen atoms in total. The average Bonchev–Trinajstić information content (AvgIpc) is 3.75. The summed E-state index contributed by atoms with van der Waals surface area (Å²) in [7, 11) is 8.14. The van der Waals surface area contributed by atoms with Gasteiger partial charge in [0, 0.05) is 0 Å². The Morgan fingerprint density at radius 2 is 1.47 bits per heavy atom. The van der Waals surface area contributed by atoms with Crippen molar-refractivity contribution in [1.29, 1.82) is 0 Å². The van der Waals surface area contributed by atoms with E-state index in [4.69, 9.17) is 17.0 Å². The Balaban J connectivity index is 0.00000104. The Kier molecular flexibility index (Phi) is 13.7. The number of hydrogen-bond acceptors (Lipinski definition) is 0. The number of hydrogen-bond donors (Lipinski definition) is 0. The van der Waals surface area contributed by atoms with Gasteiger partial charge in [-0.25, -0.2) is 0 Å². The van der Waals surface area contributed by atoms with Crippen LogP contribution in [0.1, 0.15) is 90.3 Å². The summed E-state index contributed by atoms with van der Waals surface area (Å²) in [6.45, 7) is 20.4. The molecule has 0 spiro atoms. The van der Waals surface area contributed by atoms with Gasteiger partial charge in [0.05, 0.1) is 8.07 Å². The van der Waals surface area contributed by atoms with E-state index in [1.165, 1.54) is 48.8 Å². The maximum absolute atomic E-state index is 4.93. The van der Waals surface area contributed by atoms with Crippen LogP contribution in [0.4, 0.5) is 0 Å². The van der Waals surface area contributed by atoms with Crippen molar-refractivity contribution < 1.29 is 20.8 Å². The molecule has 0 aromatic heterocycles. The molecule has 7 rings (SSSR count). The van der Waals surface area contributed by atoms with Crippen LogP contribution in [0.5, 0.6) is 0 Å². The van der Waals surface area contributed by atoms with E-state index in [-0.39, 0.29) is 20.3 Å². The third-order valence-electron chi connectivity index (χ3n) is 13.1. The Morgan fingerprint density at radius 3 is 2.08 bits per heavy atom. The molecule has 4 heteroatoms. The first-order chi connectivity index (χ1) is 22.4. The number of halogens is 2. The van der Waals surface area contributed by atoms with Gasteiger partial charge in [-0.3, -0.25) is 0 Å². The maximum atomic E-state index is 4.93. The first-order valence-corrected chi connectivity index (χ1v) is 27.8. The molecule has 5 aliphatic carbocycles. The van der Waals surface area contributed by atoms with E-state index in [0.717, 1.165) is 34.8 Å². The molecule has 3 saturated carbocycles. The van der Waals surface area contributed by atoms with Crippen molar-refractivity contribution in [1.82, 2.24) is 0 Å². The summed E-state index contributed by atoms with van der Waals surface area (Å²) >= 11 is -0.826. The van der Waals surface area contributed by atoms with Crippen molar-refractivity contribution in [2.45, 2.75) is 103 Å². The molecule has 8 unspecified atom stereocenters. The Morgan fingerprint density at radius 1 is 0.816 bits per heavy atom. The predicted octanol–water partition coefficient (Wildman–Crippen LogP) is 14.4. The van der Waals surface area contributed by atoms with Crippen LogP contribution in [0.3, 0.4) is 0 Å². The molecule has 2 aromatic carbocycles. The SMILES string of the molecule is CC(C)C1CC2C(c3ccc(C(C)(C)C)cc3)=CC=CC2C1[Si](C)(C)C1C(C)CC2C(c3ccccc3)=C3CCCC3=CC21.[CH3-].[CH3-].[Cl][Zr+2][Cl]. The van der Waals surface area contributed by atoms with E-state index in [9.17, 15) is 0 Å². The van der Waals surface area contributed by atoms with Crippen LogP contribution < -0.4 is 0 Å². The summed E-state index contributed by atoms with van der Waals surface area (Å²) in [6, 6.07) is 21.2. The van der Waals surface area contributed by atoms with Gasteiger partial charge in [0.25, 0.3) is 0 Å². The number of rotatable bonds is 5. The van der Waals surface area contributed by atoms with Crippen LogP contribution in [-0.2, 0) is 26.3 Å². The summed E-state index contributed by atoms with van der Waals surface area (Å²) < 4.78 is 0. The summed E-state index contributed by atoms with van der Waals surface area (Å²) in [6.07, 6.45) is 17.1.